The molecule has 0 unspecified atom stereocenters. The molecule has 0 aliphatic heterocycles. The van der Waals surface area contributed by atoms with Crippen molar-refractivity contribution in [2.75, 3.05) is 13.1 Å². The third-order valence-electron chi connectivity index (χ3n) is 4.49. The SMILES string of the molecule is CCN(CC(=O)NC(C)(C)C)C(=O)c1ccc2c(c1)C(=O)c1ccccc1-2. The van der Waals surface area contributed by atoms with E-state index in [4.69, 9.17) is 0 Å². The van der Waals surface area contributed by atoms with E-state index in [1.54, 1.807) is 18.2 Å². The minimum atomic E-state index is -0.356. The van der Waals surface area contributed by atoms with Gasteiger partial charge in [0.25, 0.3) is 5.91 Å². The summed E-state index contributed by atoms with van der Waals surface area (Å²) in [6.45, 7) is 7.91. The van der Waals surface area contributed by atoms with E-state index < -0.39 is 0 Å². The number of hydrogen-bond acceptors (Lipinski definition) is 3. The number of carbonyl (C=O) groups excluding carboxylic acids is 3. The number of rotatable bonds is 4. The average molecular weight is 364 g/mol. The fourth-order valence-corrected chi connectivity index (χ4v) is 3.30. The summed E-state index contributed by atoms with van der Waals surface area (Å²) in [6, 6.07) is 12.6. The Bertz CT molecular complexity index is 925. The van der Waals surface area contributed by atoms with Gasteiger partial charge in [0, 0.05) is 28.8 Å². The number of fused-ring (bicyclic) bond motifs is 3. The molecule has 0 aromatic heterocycles. The Hall–Kier alpha value is -2.95. The number of carbonyl (C=O) groups is 3. The minimum absolute atomic E-state index is 0.0160. The molecule has 0 radical (unpaired) electrons. The van der Waals surface area contributed by atoms with Crippen molar-refractivity contribution in [3.05, 3.63) is 59.2 Å². The average Bonchev–Trinajstić information content (AvgIpc) is 2.90. The molecule has 0 saturated carbocycles. The Morgan fingerprint density at radius 2 is 1.59 bits per heavy atom. The molecule has 3 rings (SSSR count). The Morgan fingerprint density at radius 3 is 2.22 bits per heavy atom. The molecule has 140 valence electrons. The van der Waals surface area contributed by atoms with Crippen LogP contribution < -0.4 is 5.32 Å². The maximum atomic E-state index is 12.9. The van der Waals surface area contributed by atoms with E-state index in [0.717, 1.165) is 11.1 Å². The van der Waals surface area contributed by atoms with Gasteiger partial charge in [-0.25, -0.2) is 0 Å². The lowest BCUT2D eigenvalue weighted by Crippen LogP contribution is -2.47. The number of amides is 2. The van der Waals surface area contributed by atoms with Crippen molar-refractivity contribution in [1.29, 1.82) is 0 Å². The van der Waals surface area contributed by atoms with Gasteiger partial charge in [0.05, 0.1) is 6.54 Å². The molecule has 0 bridgehead atoms. The van der Waals surface area contributed by atoms with Crippen LogP contribution >= 0.6 is 0 Å². The fourth-order valence-electron chi connectivity index (χ4n) is 3.30. The Morgan fingerprint density at radius 1 is 0.963 bits per heavy atom. The summed E-state index contributed by atoms with van der Waals surface area (Å²) in [6.07, 6.45) is 0. The highest BCUT2D eigenvalue weighted by atomic mass is 16.2. The van der Waals surface area contributed by atoms with Gasteiger partial charge in [-0.3, -0.25) is 14.4 Å². The molecule has 27 heavy (non-hydrogen) atoms. The van der Waals surface area contributed by atoms with Gasteiger partial charge in [0.2, 0.25) is 5.91 Å². The first-order valence-corrected chi connectivity index (χ1v) is 9.09. The van der Waals surface area contributed by atoms with Crippen molar-refractivity contribution in [2.24, 2.45) is 0 Å². The summed E-state index contributed by atoms with van der Waals surface area (Å²) in [5, 5.41) is 2.86. The van der Waals surface area contributed by atoms with Crippen LogP contribution in [0.4, 0.5) is 0 Å². The summed E-state index contributed by atoms with van der Waals surface area (Å²) < 4.78 is 0. The van der Waals surface area contributed by atoms with Crippen LogP contribution in [-0.4, -0.2) is 41.1 Å². The second-order valence-corrected chi connectivity index (χ2v) is 7.75. The number of nitrogens with zero attached hydrogens (tertiary/aromatic N) is 1. The quantitative estimate of drug-likeness (QED) is 0.773. The zero-order valence-corrected chi connectivity index (χ0v) is 16.1. The van der Waals surface area contributed by atoms with Crippen LogP contribution in [-0.2, 0) is 4.79 Å². The molecular formula is C22H24N2O3. The molecule has 0 fully saturated rings. The fraction of sp³-hybridized carbons (Fsp3) is 0.318. The molecule has 2 aromatic carbocycles. The molecule has 0 atom stereocenters. The number of ketones is 1. The van der Waals surface area contributed by atoms with Crippen LogP contribution in [0.2, 0.25) is 0 Å². The van der Waals surface area contributed by atoms with Gasteiger partial charge in [0.15, 0.2) is 5.78 Å². The molecule has 0 spiro atoms. The first kappa shape index (κ1) is 18.8. The smallest absolute Gasteiger partial charge is 0.254 e. The van der Waals surface area contributed by atoms with Gasteiger partial charge >= 0.3 is 0 Å². The number of likely N-dealkylation sites (N-methyl/N-ethyl adjacent to an activating group) is 1. The highest BCUT2D eigenvalue weighted by molar-refractivity contribution is 6.22. The van der Waals surface area contributed by atoms with Gasteiger partial charge in [-0.15, -0.1) is 0 Å². The summed E-state index contributed by atoms with van der Waals surface area (Å²) in [4.78, 5) is 39.2. The third kappa shape index (κ3) is 3.77. The Labute approximate surface area is 159 Å². The number of benzene rings is 2. The molecule has 5 heteroatoms. The Kier molecular flexibility index (Phi) is 4.87. The summed E-state index contributed by atoms with van der Waals surface area (Å²) in [5.74, 6) is -0.528. The lowest BCUT2D eigenvalue weighted by atomic mass is 10.0. The number of nitrogens with one attached hydrogen (secondary N) is 1. The van der Waals surface area contributed by atoms with Crippen LogP contribution in [0, 0.1) is 0 Å². The number of hydrogen-bond donors (Lipinski definition) is 1. The van der Waals surface area contributed by atoms with Crippen LogP contribution in [0.5, 0.6) is 0 Å². The van der Waals surface area contributed by atoms with Gasteiger partial charge in [-0.1, -0.05) is 30.3 Å². The maximum Gasteiger partial charge on any atom is 0.254 e. The van der Waals surface area contributed by atoms with Crippen molar-refractivity contribution < 1.29 is 14.4 Å². The van der Waals surface area contributed by atoms with E-state index in [9.17, 15) is 14.4 Å². The summed E-state index contributed by atoms with van der Waals surface area (Å²) >= 11 is 0. The van der Waals surface area contributed by atoms with Crippen LogP contribution in [0.15, 0.2) is 42.5 Å². The van der Waals surface area contributed by atoms with Crippen molar-refractivity contribution >= 4 is 17.6 Å². The lowest BCUT2D eigenvalue weighted by Gasteiger charge is -2.25. The van der Waals surface area contributed by atoms with Crippen molar-refractivity contribution in [2.45, 2.75) is 33.2 Å². The molecule has 1 aliphatic rings. The van der Waals surface area contributed by atoms with E-state index in [1.165, 1.54) is 4.90 Å². The van der Waals surface area contributed by atoms with Gasteiger partial charge in [0.1, 0.15) is 0 Å². The minimum Gasteiger partial charge on any atom is -0.350 e. The second kappa shape index (κ2) is 6.99. The molecule has 0 heterocycles. The van der Waals surface area contributed by atoms with Crippen LogP contribution in [0.25, 0.3) is 11.1 Å². The highest BCUT2D eigenvalue weighted by Crippen LogP contribution is 2.36. The van der Waals surface area contributed by atoms with Crippen LogP contribution in [0.1, 0.15) is 54.0 Å². The molecular weight excluding hydrogens is 340 g/mol. The summed E-state index contributed by atoms with van der Waals surface area (Å²) in [5.41, 5.74) is 3.01. The first-order chi connectivity index (χ1) is 12.7. The van der Waals surface area contributed by atoms with E-state index >= 15 is 0 Å². The first-order valence-electron chi connectivity index (χ1n) is 9.09. The molecule has 2 aromatic rings. The normalized spacial score (nSPS) is 12.4. The predicted molar refractivity (Wildman–Crippen MR) is 105 cm³/mol. The van der Waals surface area contributed by atoms with E-state index in [1.807, 2.05) is 52.0 Å². The topological polar surface area (TPSA) is 66.5 Å². The zero-order chi connectivity index (χ0) is 19.8. The maximum absolute atomic E-state index is 12.9. The Balaban J connectivity index is 1.84. The van der Waals surface area contributed by atoms with E-state index in [2.05, 4.69) is 5.32 Å². The zero-order valence-electron chi connectivity index (χ0n) is 16.1. The van der Waals surface area contributed by atoms with E-state index in [-0.39, 0.29) is 29.7 Å². The molecule has 2 amide bonds. The van der Waals surface area contributed by atoms with Gasteiger partial charge < -0.3 is 10.2 Å². The summed E-state index contributed by atoms with van der Waals surface area (Å²) in [7, 11) is 0. The largest absolute Gasteiger partial charge is 0.350 e. The second-order valence-electron chi connectivity index (χ2n) is 7.75. The monoisotopic (exact) mass is 364 g/mol. The molecule has 5 nitrogen and oxygen atoms in total. The predicted octanol–water partition coefficient (Wildman–Crippen LogP) is 3.27. The standard InChI is InChI=1S/C22H24N2O3/c1-5-24(13-19(25)23-22(2,3)4)21(27)14-10-11-16-15-8-6-7-9-17(15)20(26)18(16)12-14/h6-12H,5,13H2,1-4H3,(H,23,25). The van der Waals surface area contributed by atoms with Crippen molar-refractivity contribution in [3.8, 4) is 11.1 Å². The van der Waals surface area contributed by atoms with Crippen molar-refractivity contribution in [1.82, 2.24) is 10.2 Å². The molecule has 0 saturated heterocycles. The van der Waals surface area contributed by atoms with Crippen molar-refractivity contribution in [3.63, 3.8) is 0 Å². The molecule has 1 N–H and O–H groups in total. The van der Waals surface area contributed by atoms with Gasteiger partial charge in [-0.2, -0.15) is 0 Å². The molecule has 1 aliphatic carbocycles. The van der Waals surface area contributed by atoms with Crippen LogP contribution in [0.3, 0.4) is 0 Å². The van der Waals surface area contributed by atoms with Gasteiger partial charge in [-0.05, 0) is 51.0 Å². The lowest BCUT2D eigenvalue weighted by molar-refractivity contribution is -0.123. The third-order valence-corrected chi connectivity index (χ3v) is 4.49. The highest BCUT2D eigenvalue weighted by Gasteiger charge is 2.28. The van der Waals surface area contributed by atoms with E-state index in [0.29, 0.717) is 23.2 Å².